The standard InChI is InChI=1S/C18H22ClF3N2O/c19-15-6-1-4-13(10-15)16-7-3-8-23(16)12-17(25)24-9-2-5-14(11-24)18(20,21)22/h1,4,6,10,14,16H,2-3,5,7-9,11-12H2. The first-order valence-corrected chi connectivity index (χ1v) is 9.06. The summed E-state index contributed by atoms with van der Waals surface area (Å²) >= 11 is 6.06. The van der Waals surface area contributed by atoms with Crippen molar-refractivity contribution in [1.82, 2.24) is 9.80 Å². The van der Waals surface area contributed by atoms with Gasteiger partial charge in [-0.15, -0.1) is 0 Å². The summed E-state index contributed by atoms with van der Waals surface area (Å²) in [7, 11) is 0. The van der Waals surface area contributed by atoms with Crippen LogP contribution in [0, 0.1) is 5.92 Å². The van der Waals surface area contributed by atoms with Crippen molar-refractivity contribution in [3.63, 3.8) is 0 Å². The highest BCUT2D eigenvalue weighted by molar-refractivity contribution is 6.30. The van der Waals surface area contributed by atoms with Gasteiger partial charge in [0.2, 0.25) is 5.91 Å². The molecule has 0 saturated carbocycles. The van der Waals surface area contributed by atoms with Crippen molar-refractivity contribution in [2.75, 3.05) is 26.2 Å². The van der Waals surface area contributed by atoms with Gasteiger partial charge in [0.05, 0.1) is 12.5 Å². The lowest BCUT2D eigenvalue weighted by atomic mass is 9.97. The third-order valence-electron chi connectivity index (χ3n) is 5.17. The molecule has 2 saturated heterocycles. The Morgan fingerprint density at radius 1 is 1.20 bits per heavy atom. The highest BCUT2D eigenvalue weighted by atomic mass is 35.5. The third kappa shape index (κ3) is 4.47. The maximum Gasteiger partial charge on any atom is 0.393 e. The van der Waals surface area contributed by atoms with Crippen LogP contribution in [-0.4, -0.2) is 48.1 Å². The quantitative estimate of drug-likeness (QED) is 0.788. The molecule has 2 unspecified atom stereocenters. The first-order chi connectivity index (χ1) is 11.8. The molecule has 3 nitrogen and oxygen atoms in total. The van der Waals surface area contributed by atoms with E-state index in [4.69, 9.17) is 11.6 Å². The van der Waals surface area contributed by atoms with Crippen LogP contribution in [0.2, 0.25) is 5.02 Å². The Bertz CT molecular complexity index is 623. The summed E-state index contributed by atoms with van der Waals surface area (Å²) in [5.41, 5.74) is 1.06. The average molecular weight is 375 g/mol. The van der Waals surface area contributed by atoms with Crippen LogP contribution in [-0.2, 0) is 4.79 Å². The average Bonchev–Trinajstić information content (AvgIpc) is 3.02. The molecule has 25 heavy (non-hydrogen) atoms. The molecule has 2 heterocycles. The van der Waals surface area contributed by atoms with Gasteiger partial charge in [0, 0.05) is 24.2 Å². The first-order valence-electron chi connectivity index (χ1n) is 8.68. The zero-order chi connectivity index (χ0) is 18.0. The number of likely N-dealkylation sites (tertiary alicyclic amines) is 2. The molecule has 0 radical (unpaired) electrons. The largest absolute Gasteiger partial charge is 0.393 e. The predicted molar refractivity (Wildman–Crippen MR) is 90.4 cm³/mol. The molecule has 0 N–H and O–H groups in total. The normalized spacial score (nSPS) is 25.4. The van der Waals surface area contributed by atoms with E-state index in [0.29, 0.717) is 18.0 Å². The van der Waals surface area contributed by atoms with Crippen LogP contribution in [0.5, 0.6) is 0 Å². The van der Waals surface area contributed by atoms with Gasteiger partial charge in [-0.2, -0.15) is 13.2 Å². The van der Waals surface area contributed by atoms with Crippen LogP contribution in [0.1, 0.15) is 37.3 Å². The number of rotatable bonds is 3. The molecule has 1 aromatic carbocycles. The summed E-state index contributed by atoms with van der Waals surface area (Å²) in [5, 5.41) is 0.653. The van der Waals surface area contributed by atoms with Crippen LogP contribution < -0.4 is 0 Å². The fourth-order valence-corrected chi connectivity index (χ4v) is 4.05. The Labute approximate surface area is 150 Å². The van der Waals surface area contributed by atoms with Gasteiger partial charge in [-0.1, -0.05) is 23.7 Å². The molecule has 2 aliphatic rings. The topological polar surface area (TPSA) is 23.6 Å². The molecule has 138 valence electrons. The first kappa shape index (κ1) is 18.5. The number of hydrogen-bond donors (Lipinski definition) is 0. The molecule has 1 aromatic rings. The van der Waals surface area contributed by atoms with E-state index < -0.39 is 12.1 Å². The van der Waals surface area contributed by atoms with Crippen LogP contribution in [0.3, 0.4) is 0 Å². The zero-order valence-electron chi connectivity index (χ0n) is 13.9. The van der Waals surface area contributed by atoms with E-state index in [-0.39, 0.29) is 31.5 Å². The number of nitrogens with zero attached hydrogens (tertiary/aromatic N) is 2. The van der Waals surface area contributed by atoms with E-state index in [1.807, 2.05) is 18.2 Å². The Morgan fingerprint density at radius 3 is 2.68 bits per heavy atom. The molecule has 0 aromatic heterocycles. The third-order valence-corrected chi connectivity index (χ3v) is 5.41. The predicted octanol–water partition coefficient (Wildman–Crippen LogP) is 4.28. The van der Waals surface area contributed by atoms with Crippen molar-refractivity contribution in [3.8, 4) is 0 Å². The summed E-state index contributed by atoms with van der Waals surface area (Å²) < 4.78 is 38.8. The van der Waals surface area contributed by atoms with Gasteiger partial charge < -0.3 is 4.90 Å². The van der Waals surface area contributed by atoms with Gasteiger partial charge in [-0.3, -0.25) is 9.69 Å². The second-order valence-electron chi connectivity index (χ2n) is 6.90. The number of carbonyl (C=O) groups excluding carboxylic acids is 1. The van der Waals surface area contributed by atoms with Gasteiger partial charge in [-0.05, 0) is 49.9 Å². The molecular weight excluding hydrogens is 353 g/mol. The maximum atomic E-state index is 12.9. The summed E-state index contributed by atoms with van der Waals surface area (Å²) in [6.07, 6.45) is -1.81. The minimum atomic E-state index is -4.23. The highest BCUT2D eigenvalue weighted by Crippen LogP contribution is 2.35. The molecule has 1 amide bonds. The second-order valence-corrected chi connectivity index (χ2v) is 7.34. The SMILES string of the molecule is O=C(CN1CCCC1c1cccc(Cl)c1)N1CCCC(C(F)(F)F)C1. The van der Waals surface area contributed by atoms with Crippen LogP contribution in [0.15, 0.2) is 24.3 Å². The van der Waals surface area contributed by atoms with Crippen molar-refractivity contribution in [1.29, 1.82) is 0 Å². The number of benzene rings is 1. The Kier molecular flexibility index (Phi) is 5.58. The number of alkyl halides is 3. The van der Waals surface area contributed by atoms with Crippen LogP contribution >= 0.6 is 11.6 Å². The van der Waals surface area contributed by atoms with Crippen LogP contribution in [0.4, 0.5) is 13.2 Å². The summed E-state index contributed by atoms with van der Waals surface area (Å²) in [6.45, 7) is 1.15. The summed E-state index contributed by atoms with van der Waals surface area (Å²) in [4.78, 5) is 16.0. The number of amides is 1. The van der Waals surface area contributed by atoms with Gasteiger partial charge >= 0.3 is 6.18 Å². The van der Waals surface area contributed by atoms with Gasteiger partial charge in [0.1, 0.15) is 0 Å². The molecule has 0 spiro atoms. The monoisotopic (exact) mass is 374 g/mol. The fourth-order valence-electron chi connectivity index (χ4n) is 3.85. The molecule has 2 fully saturated rings. The van der Waals surface area contributed by atoms with Gasteiger partial charge in [0.25, 0.3) is 0 Å². The lowest BCUT2D eigenvalue weighted by Crippen LogP contribution is -2.47. The van der Waals surface area contributed by atoms with Crippen molar-refractivity contribution in [2.24, 2.45) is 5.92 Å². The summed E-state index contributed by atoms with van der Waals surface area (Å²) in [6, 6.07) is 7.68. The van der Waals surface area contributed by atoms with Gasteiger partial charge in [0.15, 0.2) is 0 Å². The van der Waals surface area contributed by atoms with E-state index in [1.165, 1.54) is 4.90 Å². The lowest BCUT2D eigenvalue weighted by Gasteiger charge is -2.35. The van der Waals surface area contributed by atoms with E-state index in [2.05, 4.69) is 4.90 Å². The molecule has 7 heteroatoms. The van der Waals surface area contributed by atoms with Crippen molar-refractivity contribution >= 4 is 17.5 Å². The fraction of sp³-hybridized carbons (Fsp3) is 0.611. The molecule has 2 aliphatic heterocycles. The minimum absolute atomic E-state index is 0.103. The molecule has 2 atom stereocenters. The van der Waals surface area contributed by atoms with Crippen LogP contribution in [0.25, 0.3) is 0 Å². The van der Waals surface area contributed by atoms with Crippen molar-refractivity contribution in [3.05, 3.63) is 34.9 Å². The van der Waals surface area contributed by atoms with E-state index >= 15 is 0 Å². The maximum absolute atomic E-state index is 12.9. The Balaban J connectivity index is 1.64. The Hall–Kier alpha value is -1.27. The number of hydrogen-bond acceptors (Lipinski definition) is 2. The Morgan fingerprint density at radius 2 is 1.96 bits per heavy atom. The van der Waals surface area contributed by atoms with E-state index in [1.54, 1.807) is 6.07 Å². The zero-order valence-corrected chi connectivity index (χ0v) is 14.7. The lowest BCUT2D eigenvalue weighted by molar-refractivity contribution is -0.188. The highest BCUT2D eigenvalue weighted by Gasteiger charge is 2.43. The molecular formula is C18H22ClF3N2O. The number of halogens is 4. The van der Waals surface area contributed by atoms with E-state index in [0.717, 1.165) is 24.9 Å². The number of piperidine rings is 1. The smallest absolute Gasteiger partial charge is 0.341 e. The second kappa shape index (κ2) is 7.54. The van der Waals surface area contributed by atoms with Crippen molar-refractivity contribution in [2.45, 2.75) is 37.9 Å². The number of carbonyl (C=O) groups is 1. The summed E-state index contributed by atoms with van der Waals surface area (Å²) in [5.74, 6) is -1.60. The van der Waals surface area contributed by atoms with E-state index in [9.17, 15) is 18.0 Å². The molecule has 0 aliphatic carbocycles. The molecule has 0 bridgehead atoms. The minimum Gasteiger partial charge on any atom is -0.341 e. The van der Waals surface area contributed by atoms with Crippen molar-refractivity contribution < 1.29 is 18.0 Å². The van der Waals surface area contributed by atoms with Gasteiger partial charge in [-0.25, -0.2) is 0 Å². The molecule has 3 rings (SSSR count).